The first-order valence-corrected chi connectivity index (χ1v) is 14.3. The molecule has 5 rings (SSSR count). The lowest BCUT2D eigenvalue weighted by molar-refractivity contribution is -0.143. The number of unbranched alkanes of at least 4 members (excludes halogenated alkanes) is 1. The van der Waals surface area contributed by atoms with E-state index in [4.69, 9.17) is 18.9 Å². The number of fused-ring (bicyclic) bond motifs is 1. The maximum atomic E-state index is 13.8. The SMILES string of the molecule is CCCCN(C(=O)CN1C[C@H](c2ccc3c(c2)OCO3)[C@@H](C(=O)O)[C@@H]1CCOc1ccccc1OC)c1cccnc1. The average Bonchev–Trinajstić information content (AvgIpc) is 3.62. The molecule has 42 heavy (non-hydrogen) atoms. The second-order valence-electron chi connectivity index (χ2n) is 10.5. The number of amides is 1. The number of anilines is 1. The number of ether oxygens (including phenoxy) is 4. The minimum absolute atomic E-state index is 0.0722. The number of pyridine rings is 1. The summed E-state index contributed by atoms with van der Waals surface area (Å²) in [5.41, 5.74) is 1.57. The Balaban J connectivity index is 1.41. The summed E-state index contributed by atoms with van der Waals surface area (Å²) in [5.74, 6) is 0.303. The maximum absolute atomic E-state index is 13.8. The predicted octanol–water partition coefficient (Wildman–Crippen LogP) is 4.59. The Morgan fingerprint density at radius 3 is 2.64 bits per heavy atom. The van der Waals surface area contributed by atoms with Crippen LogP contribution in [0.5, 0.6) is 23.0 Å². The number of hydrogen-bond acceptors (Lipinski definition) is 8. The molecule has 0 radical (unpaired) electrons. The zero-order valence-corrected chi connectivity index (χ0v) is 24.0. The van der Waals surface area contributed by atoms with Crippen molar-refractivity contribution in [1.29, 1.82) is 0 Å². The summed E-state index contributed by atoms with van der Waals surface area (Å²) < 4.78 is 22.5. The van der Waals surface area contributed by atoms with E-state index in [9.17, 15) is 14.7 Å². The van der Waals surface area contributed by atoms with Crippen molar-refractivity contribution in [2.45, 2.75) is 38.1 Å². The summed E-state index contributed by atoms with van der Waals surface area (Å²) in [7, 11) is 1.58. The summed E-state index contributed by atoms with van der Waals surface area (Å²) >= 11 is 0. The Kier molecular flexibility index (Phi) is 9.43. The Morgan fingerprint density at radius 1 is 1.10 bits per heavy atom. The van der Waals surface area contributed by atoms with Gasteiger partial charge in [-0.25, -0.2) is 0 Å². The molecule has 3 heterocycles. The van der Waals surface area contributed by atoms with E-state index in [1.807, 2.05) is 59.5 Å². The van der Waals surface area contributed by atoms with Gasteiger partial charge in [-0.05, 0) is 54.8 Å². The number of carboxylic acids is 1. The Labute approximate surface area is 245 Å². The molecule has 3 atom stereocenters. The number of para-hydroxylation sites is 2. The lowest BCUT2D eigenvalue weighted by Crippen LogP contribution is -2.45. The highest BCUT2D eigenvalue weighted by molar-refractivity contribution is 5.94. The monoisotopic (exact) mass is 575 g/mol. The Bertz CT molecular complexity index is 1370. The first kappa shape index (κ1) is 29.2. The van der Waals surface area contributed by atoms with Gasteiger partial charge in [0.25, 0.3) is 0 Å². The third-order valence-electron chi connectivity index (χ3n) is 7.93. The van der Waals surface area contributed by atoms with Crippen molar-refractivity contribution in [3.63, 3.8) is 0 Å². The molecular weight excluding hydrogens is 538 g/mol. The Hall–Kier alpha value is -4.31. The van der Waals surface area contributed by atoms with Gasteiger partial charge < -0.3 is 29.0 Å². The van der Waals surface area contributed by atoms with Gasteiger partial charge in [-0.2, -0.15) is 0 Å². The van der Waals surface area contributed by atoms with Gasteiger partial charge >= 0.3 is 5.97 Å². The highest BCUT2D eigenvalue weighted by Gasteiger charge is 2.47. The van der Waals surface area contributed by atoms with Crippen LogP contribution in [0.3, 0.4) is 0 Å². The van der Waals surface area contributed by atoms with Crippen LogP contribution in [0.25, 0.3) is 0 Å². The smallest absolute Gasteiger partial charge is 0.308 e. The van der Waals surface area contributed by atoms with Crippen LogP contribution < -0.4 is 23.8 Å². The molecule has 1 N–H and O–H groups in total. The number of rotatable bonds is 13. The summed E-state index contributed by atoms with van der Waals surface area (Å²) in [6.45, 7) is 3.51. The van der Waals surface area contributed by atoms with Gasteiger partial charge in [0, 0.05) is 31.2 Å². The molecule has 0 spiro atoms. The average molecular weight is 576 g/mol. The van der Waals surface area contributed by atoms with Gasteiger partial charge in [0.05, 0.1) is 38.1 Å². The first-order chi connectivity index (χ1) is 20.5. The minimum Gasteiger partial charge on any atom is -0.493 e. The summed E-state index contributed by atoms with van der Waals surface area (Å²) in [5, 5.41) is 10.5. The van der Waals surface area contributed by atoms with Gasteiger partial charge in [-0.15, -0.1) is 0 Å². The number of nitrogens with zero attached hydrogens (tertiary/aromatic N) is 3. The minimum atomic E-state index is -0.912. The standard InChI is InChI=1S/C32H37N3O7/c1-3-4-15-35(23-8-7-14-33-18-23)30(36)20-34-19-24(22-11-12-28-29(17-22)42-21-41-28)31(32(37)38)25(34)13-16-40-27-10-6-5-9-26(27)39-2/h5-12,14,17-18,24-25,31H,3-4,13,15-16,19-21H2,1-2H3,(H,37,38)/t24-,25+,31-/m1/s1. The third-order valence-corrected chi connectivity index (χ3v) is 7.93. The van der Waals surface area contributed by atoms with E-state index in [0.717, 1.165) is 24.1 Å². The Morgan fingerprint density at radius 2 is 1.90 bits per heavy atom. The number of carbonyl (C=O) groups is 2. The van der Waals surface area contributed by atoms with Crippen LogP contribution in [-0.2, 0) is 9.59 Å². The number of carbonyl (C=O) groups excluding carboxylic acids is 1. The number of likely N-dealkylation sites (tertiary alicyclic amines) is 1. The molecular formula is C32H37N3O7. The van der Waals surface area contributed by atoms with Gasteiger partial charge in [0.2, 0.25) is 12.7 Å². The van der Waals surface area contributed by atoms with Crippen molar-refractivity contribution < 1.29 is 33.6 Å². The van der Waals surface area contributed by atoms with Gasteiger partial charge in [-0.1, -0.05) is 31.5 Å². The lowest BCUT2D eigenvalue weighted by Gasteiger charge is -2.29. The van der Waals surface area contributed by atoms with E-state index < -0.39 is 17.9 Å². The molecule has 1 aromatic heterocycles. The van der Waals surface area contributed by atoms with Crippen LogP contribution in [0.4, 0.5) is 5.69 Å². The molecule has 0 bridgehead atoms. The number of carboxylic acid groups (broad SMARTS) is 1. The van der Waals surface area contributed by atoms with Gasteiger partial charge in [0.15, 0.2) is 23.0 Å². The fourth-order valence-electron chi connectivity index (χ4n) is 5.85. The van der Waals surface area contributed by atoms with Crippen molar-refractivity contribution in [1.82, 2.24) is 9.88 Å². The third kappa shape index (κ3) is 6.44. The molecule has 2 aliphatic rings. The molecule has 2 aromatic carbocycles. The number of methoxy groups -OCH3 is 1. The fourth-order valence-corrected chi connectivity index (χ4v) is 5.85. The summed E-state index contributed by atoms with van der Waals surface area (Å²) in [6, 6.07) is 16.2. The molecule has 0 saturated carbocycles. The van der Waals surface area contributed by atoms with Gasteiger partial charge in [0.1, 0.15) is 0 Å². The number of hydrogen-bond donors (Lipinski definition) is 1. The lowest BCUT2D eigenvalue weighted by atomic mass is 9.84. The van der Waals surface area contributed by atoms with Gasteiger partial charge in [-0.3, -0.25) is 19.5 Å². The van der Waals surface area contributed by atoms with Crippen molar-refractivity contribution in [3.8, 4) is 23.0 Å². The zero-order chi connectivity index (χ0) is 29.5. The normalized spacial score (nSPS) is 19.4. The van der Waals surface area contributed by atoms with E-state index >= 15 is 0 Å². The van der Waals surface area contributed by atoms with E-state index in [2.05, 4.69) is 11.9 Å². The van der Waals surface area contributed by atoms with E-state index in [1.165, 1.54) is 0 Å². The molecule has 0 aliphatic carbocycles. The second-order valence-corrected chi connectivity index (χ2v) is 10.5. The van der Waals surface area contributed by atoms with Crippen molar-refractivity contribution >= 4 is 17.6 Å². The quantitative estimate of drug-likeness (QED) is 0.313. The predicted molar refractivity (Wildman–Crippen MR) is 156 cm³/mol. The van der Waals surface area contributed by atoms with E-state index in [1.54, 1.807) is 24.4 Å². The molecule has 1 saturated heterocycles. The van der Waals surface area contributed by atoms with Crippen LogP contribution >= 0.6 is 0 Å². The van der Waals surface area contributed by atoms with E-state index in [-0.39, 0.29) is 31.8 Å². The molecule has 10 heteroatoms. The van der Waals surface area contributed by atoms with E-state index in [0.29, 0.717) is 42.5 Å². The van der Waals surface area contributed by atoms with Crippen molar-refractivity contribution in [3.05, 3.63) is 72.6 Å². The largest absolute Gasteiger partial charge is 0.493 e. The van der Waals surface area contributed by atoms with Crippen LogP contribution in [0.1, 0.15) is 37.7 Å². The maximum Gasteiger partial charge on any atom is 0.308 e. The van der Waals surface area contributed by atoms with Crippen LogP contribution in [0, 0.1) is 5.92 Å². The fraction of sp³-hybridized carbons (Fsp3) is 0.406. The molecule has 222 valence electrons. The number of aliphatic carboxylic acids is 1. The molecule has 1 fully saturated rings. The molecule has 2 aliphatic heterocycles. The number of aromatic nitrogens is 1. The first-order valence-electron chi connectivity index (χ1n) is 14.3. The molecule has 1 amide bonds. The topological polar surface area (TPSA) is 111 Å². The summed E-state index contributed by atoms with van der Waals surface area (Å²) in [6.07, 6.45) is 5.55. The van der Waals surface area contributed by atoms with Crippen molar-refractivity contribution in [2.75, 3.05) is 45.0 Å². The molecule has 10 nitrogen and oxygen atoms in total. The van der Waals surface area contributed by atoms with Crippen molar-refractivity contribution in [2.24, 2.45) is 5.92 Å². The molecule has 0 unspecified atom stereocenters. The van der Waals surface area contributed by atoms with Crippen LogP contribution in [0.2, 0.25) is 0 Å². The molecule has 3 aromatic rings. The number of benzene rings is 2. The van der Waals surface area contributed by atoms with Crippen LogP contribution in [0.15, 0.2) is 67.0 Å². The highest BCUT2D eigenvalue weighted by Crippen LogP contribution is 2.43. The second kappa shape index (κ2) is 13.6. The summed E-state index contributed by atoms with van der Waals surface area (Å²) in [4.78, 5) is 34.6. The van der Waals surface area contributed by atoms with Crippen LogP contribution in [-0.4, -0.2) is 73.1 Å². The zero-order valence-electron chi connectivity index (χ0n) is 24.0. The highest BCUT2D eigenvalue weighted by atomic mass is 16.7.